The van der Waals surface area contributed by atoms with E-state index in [0.29, 0.717) is 50.6 Å². The van der Waals surface area contributed by atoms with Crippen molar-refractivity contribution in [2.24, 2.45) is 0 Å². The van der Waals surface area contributed by atoms with Crippen molar-refractivity contribution >= 4 is 33.0 Å². The largest absolute Gasteiger partial charge is 0.466 e. The van der Waals surface area contributed by atoms with Crippen LogP contribution in [-0.2, 0) is 46.8 Å². The zero-order valence-corrected chi connectivity index (χ0v) is 19.2. The smallest absolute Gasteiger partial charge is 0.344 e. The van der Waals surface area contributed by atoms with Gasteiger partial charge in [0, 0.05) is 26.1 Å². The summed E-state index contributed by atoms with van der Waals surface area (Å²) >= 11 is 0. The second kappa shape index (κ2) is 10.9. The number of hydrogen-bond donors (Lipinski definition) is 0. The summed E-state index contributed by atoms with van der Waals surface area (Å²) in [6, 6.07) is 4.96. The Labute approximate surface area is 187 Å². The standard InChI is InChI=1S/C21H29N3O7S/c1-3-4-9-24-18-6-5-16(32(27,28)23-10-12-30-13-11-23)14-17(18)22-19(24)7-8-20(25)31-15-21(26)29-2/h5-6,14H,3-4,7-13,15H2,1-2H3. The van der Waals surface area contributed by atoms with Gasteiger partial charge in [0.1, 0.15) is 5.82 Å². The Balaban J connectivity index is 1.82. The Morgan fingerprint density at radius 1 is 1.19 bits per heavy atom. The number of carbonyl (C=O) groups is 2. The van der Waals surface area contributed by atoms with E-state index >= 15 is 0 Å². The van der Waals surface area contributed by atoms with Crippen molar-refractivity contribution in [3.63, 3.8) is 0 Å². The minimum atomic E-state index is -3.63. The predicted molar refractivity (Wildman–Crippen MR) is 116 cm³/mol. The summed E-state index contributed by atoms with van der Waals surface area (Å²) in [5, 5.41) is 0. The van der Waals surface area contributed by atoms with Gasteiger partial charge in [-0.05, 0) is 24.6 Å². The molecule has 3 rings (SSSR count). The second-order valence-corrected chi connectivity index (χ2v) is 9.37. The van der Waals surface area contributed by atoms with Crippen LogP contribution in [0.4, 0.5) is 0 Å². The molecule has 2 aromatic rings. The van der Waals surface area contributed by atoms with Crippen molar-refractivity contribution in [1.82, 2.24) is 13.9 Å². The lowest BCUT2D eigenvalue weighted by atomic mass is 10.2. The molecule has 1 aromatic heterocycles. The fourth-order valence-corrected chi connectivity index (χ4v) is 4.93. The number of aryl methyl sites for hydroxylation is 2. The molecule has 11 heteroatoms. The maximum Gasteiger partial charge on any atom is 0.344 e. The Kier molecular flexibility index (Phi) is 8.21. The fraction of sp³-hybridized carbons (Fsp3) is 0.571. The lowest BCUT2D eigenvalue weighted by Gasteiger charge is -2.26. The third kappa shape index (κ3) is 5.64. The monoisotopic (exact) mass is 467 g/mol. The van der Waals surface area contributed by atoms with E-state index in [4.69, 9.17) is 9.47 Å². The van der Waals surface area contributed by atoms with Gasteiger partial charge in [0.25, 0.3) is 0 Å². The van der Waals surface area contributed by atoms with E-state index in [0.717, 1.165) is 18.4 Å². The number of esters is 2. The van der Waals surface area contributed by atoms with Crippen LogP contribution >= 0.6 is 0 Å². The highest BCUT2D eigenvalue weighted by Crippen LogP contribution is 2.24. The summed E-state index contributed by atoms with van der Waals surface area (Å²) in [7, 11) is -2.41. The molecule has 0 atom stereocenters. The predicted octanol–water partition coefficient (Wildman–Crippen LogP) is 1.51. The Morgan fingerprint density at radius 2 is 1.94 bits per heavy atom. The van der Waals surface area contributed by atoms with Crippen LogP contribution in [0.25, 0.3) is 11.0 Å². The Bertz CT molecular complexity index is 1060. The number of ether oxygens (including phenoxy) is 3. The van der Waals surface area contributed by atoms with Gasteiger partial charge in [-0.1, -0.05) is 13.3 Å². The van der Waals surface area contributed by atoms with Crippen molar-refractivity contribution in [3.8, 4) is 0 Å². The van der Waals surface area contributed by atoms with Crippen molar-refractivity contribution in [2.45, 2.75) is 44.0 Å². The van der Waals surface area contributed by atoms with E-state index in [1.54, 1.807) is 18.2 Å². The molecular weight excluding hydrogens is 438 g/mol. The third-order valence-electron chi connectivity index (χ3n) is 5.27. The van der Waals surface area contributed by atoms with Gasteiger partial charge >= 0.3 is 11.9 Å². The van der Waals surface area contributed by atoms with Crippen LogP contribution in [0.5, 0.6) is 0 Å². The number of fused-ring (bicyclic) bond motifs is 1. The maximum atomic E-state index is 13.0. The first-order valence-electron chi connectivity index (χ1n) is 10.7. The number of imidazole rings is 1. The molecule has 176 valence electrons. The summed E-state index contributed by atoms with van der Waals surface area (Å²) in [6.45, 7) is 3.76. The normalized spacial score (nSPS) is 15.1. The third-order valence-corrected chi connectivity index (χ3v) is 7.17. The molecule has 0 radical (unpaired) electrons. The van der Waals surface area contributed by atoms with E-state index in [2.05, 4.69) is 16.6 Å². The molecule has 1 aliphatic rings. The number of unbranched alkanes of at least 4 members (excludes halogenated alkanes) is 1. The number of methoxy groups -OCH3 is 1. The summed E-state index contributed by atoms with van der Waals surface area (Å²) in [4.78, 5) is 27.9. The highest BCUT2D eigenvalue weighted by molar-refractivity contribution is 7.89. The van der Waals surface area contributed by atoms with Gasteiger partial charge in [0.15, 0.2) is 6.61 Å². The molecule has 1 saturated heterocycles. The van der Waals surface area contributed by atoms with Gasteiger partial charge in [-0.3, -0.25) is 4.79 Å². The number of nitrogens with zero attached hydrogens (tertiary/aromatic N) is 3. The molecule has 0 N–H and O–H groups in total. The molecule has 1 fully saturated rings. The lowest BCUT2D eigenvalue weighted by molar-refractivity contribution is -0.156. The van der Waals surface area contributed by atoms with Gasteiger partial charge in [0.2, 0.25) is 10.0 Å². The number of hydrogen-bond acceptors (Lipinski definition) is 8. The van der Waals surface area contributed by atoms with Crippen LogP contribution in [0.15, 0.2) is 23.1 Å². The number of morpholine rings is 1. The first-order chi connectivity index (χ1) is 15.4. The molecule has 32 heavy (non-hydrogen) atoms. The molecule has 1 aromatic carbocycles. The van der Waals surface area contributed by atoms with E-state index in [1.807, 2.05) is 4.57 Å². The molecule has 0 saturated carbocycles. The minimum absolute atomic E-state index is 0.0470. The average molecular weight is 468 g/mol. The SMILES string of the molecule is CCCCn1c(CCC(=O)OCC(=O)OC)nc2cc(S(=O)(=O)N3CCOCC3)ccc21. The van der Waals surface area contributed by atoms with Crippen LogP contribution in [-0.4, -0.2) is 74.2 Å². The average Bonchev–Trinajstić information content (AvgIpc) is 3.16. The van der Waals surface area contributed by atoms with E-state index in [1.165, 1.54) is 11.4 Å². The zero-order chi connectivity index (χ0) is 23.1. The zero-order valence-electron chi connectivity index (χ0n) is 18.4. The minimum Gasteiger partial charge on any atom is -0.466 e. The summed E-state index contributed by atoms with van der Waals surface area (Å²) in [5.41, 5.74) is 1.38. The number of carbonyl (C=O) groups excluding carboxylic acids is 2. The van der Waals surface area contributed by atoms with Crippen LogP contribution in [0.3, 0.4) is 0 Å². The van der Waals surface area contributed by atoms with Crippen LogP contribution in [0.2, 0.25) is 0 Å². The molecular formula is C21H29N3O7S. The lowest BCUT2D eigenvalue weighted by Crippen LogP contribution is -2.40. The molecule has 2 heterocycles. The topological polar surface area (TPSA) is 117 Å². The highest BCUT2D eigenvalue weighted by atomic mass is 32.2. The molecule has 0 amide bonds. The van der Waals surface area contributed by atoms with E-state index < -0.39 is 28.6 Å². The molecule has 1 aliphatic heterocycles. The van der Waals surface area contributed by atoms with Crippen LogP contribution in [0.1, 0.15) is 32.0 Å². The molecule has 0 aliphatic carbocycles. The Hall–Kier alpha value is -2.50. The van der Waals surface area contributed by atoms with Crippen molar-refractivity contribution < 1.29 is 32.2 Å². The van der Waals surface area contributed by atoms with Gasteiger partial charge in [-0.15, -0.1) is 0 Å². The second-order valence-electron chi connectivity index (χ2n) is 7.44. The Morgan fingerprint density at radius 3 is 2.62 bits per heavy atom. The van der Waals surface area contributed by atoms with E-state index in [-0.39, 0.29) is 11.3 Å². The number of rotatable bonds is 10. The molecule has 0 unspecified atom stereocenters. The van der Waals surface area contributed by atoms with Crippen LogP contribution < -0.4 is 0 Å². The number of benzene rings is 1. The van der Waals surface area contributed by atoms with Gasteiger partial charge in [-0.2, -0.15) is 4.31 Å². The maximum absolute atomic E-state index is 13.0. The van der Waals surface area contributed by atoms with Gasteiger partial charge in [0.05, 0.1) is 42.7 Å². The van der Waals surface area contributed by atoms with Crippen molar-refractivity contribution in [3.05, 3.63) is 24.0 Å². The van der Waals surface area contributed by atoms with Crippen molar-refractivity contribution in [1.29, 1.82) is 0 Å². The highest BCUT2D eigenvalue weighted by Gasteiger charge is 2.27. The van der Waals surface area contributed by atoms with Crippen LogP contribution in [0, 0.1) is 0 Å². The summed E-state index contributed by atoms with van der Waals surface area (Å²) in [6.07, 6.45) is 2.25. The molecule has 0 bridgehead atoms. The summed E-state index contributed by atoms with van der Waals surface area (Å²) in [5.74, 6) is -0.480. The fourth-order valence-electron chi connectivity index (χ4n) is 3.50. The molecule has 0 spiro atoms. The van der Waals surface area contributed by atoms with Gasteiger partial charge in [-0.25, -0.2) is 18.2 Å². The first kappa shape index (κ1) is 24.1. The van der Waals surface area contributed by atoms with Gasteiger partial charge < -0.3 is 18.8 Å². The van der Waals surface area contributed by atoms with Crippen molar-refractivity contribution in [2.75, 3.05) is 40.0 Å². The first-order valence-corrected chi connectivity index (χ1v) is 12.1. The number of aromatic nitrogens is 2. The quantitative estimate of drug-likeness (QED) is 0.483. The van der Waals surface area contributed by atoms with E-state index in [9.17, 15) is 18.0 Å². The summed E-state index contributed by atoms with van der Waals surface area (Å²) < 4.78 is 44.0. The molecule has 10 nitrogen and oxygen atoms in total. The number of sulfonamides is 1.